The molecule has 0 saturated heterocycles. The molecule has 1 aromatic carbocycles. The van der Waals surface area contributed by atoms with E-state index in [1.807, 2.05) is 6.92 Å². The number of hydrogen-bond acceptors (Lipinski definition) is 4. The van der Waals surface area contributed by atoms with E-state index >= 15 is 0 Å². The number of hydrogen-bond donors (Lipinski definition) is 2. The molecule has 7 heteroatoms. The van der Waals surface area contributed by atoms with Crippen LogP contribution in [-0.4, -0.2) is 37.6 Å². The molecule has 0 aliphatic rings. The third-order valence-corrected chi connectivity index (χ3v) is 2.79. The summed E-state index contributed by atoms with van der Waals surface area (Å²) < 4.78 is 47.2. The SMILES string of the molecule is CCCNCc1cccc(OC)c1OCC(O)C(F)(F)F. The Morgan fingerprint density at radius 2 is 2.05 bits per heavy atom. The smallest absolute Gasteiger partial charge is 0.417 e. The maximum Gasteiger partial charge on any atom is 0.417 e. The predicted octanol–water partition coefficient (Wildman–Crippen LogP) is 2.50. The lowest BCUT2D eigenvalue weighted by atomic mass is 10.2. The third kappa shape index (κ3) is 5.43. The van der Waals surface area contributed by atoms with Crippen LogP contribution in [0.25, 0.3) is 0 Å². The lowest BCUT2D eigenvalue weighted by Gasteiger charge is -2.19. The second-order valence-corrected chi connectivity index (χ2v) is 4.49. The van der Waals surface area contributed by atoms with Crippen molar-refractivity contribution in [2.24, 2.45) is 0 Å². The zero-order valence-electron chi connectivity index (χ0n) is 12.0. The summed E-state index contributed by atoms with van der Waals surface area (Å²) in [6, 6.07) is 5.06. The molecule has 4 nitrogen and oxygen atoms in total. The van der Waals surface area contributed by atoms with E-state index in [0.717, 1.165) is 13.0 Å². The molecule has 1 aromatic rings. The first kappa shape index (κ1) is 17.6. The van der Waals surface area contributed by atoms with Gasteiger partial charge in [-0.3, -0.25) is 0 Å². The van der Waals surface area contributed by atoms with Crippen molar-refractivity contribution in [1.29, 1.82) is 0 Å². The maximum atomic E-state index is 12.3. The monoisotopic (exact) mass is 307 g/mol. The Labute approximate surface area is 121 Å². The van der Waals surface area contributed by atoms with Gasteiger partial charge in [-0.25, -0.2) is 0 Å². The Morgan fingerprint density at radius 1 is 1.33 bits per heavy atom. The summed E-state index contributed by atoms with van der Waals surface area (Å²) in [5.41, 5.74) is 0.678. The van der Waals surface area contributed by atoms with Gasteiger partial charge in [0, 0.05) is 12.1 Å². The second-order valence-electron chi connectivity index (χ2n) is 4.49. The van der Waals surface area contributed by atoms with E-state index in [1.165, 1.54) is 7.11 Å². The van der Waals surface area contributed by atoms with Gasteiger partial charge in [0.25, 0.3) is 0 Å². The van der Waals surface area contributed by atoms with Gasteiger partial charge in [0.15, 0.2) is 17.6 Å². The van der Waals surface area contributed by atoms with Crippen molar-refractivity contribution in [3.8, 4) is 11.5 Å². The lowest BCUT2D eigenvalue weighted by molar-refractivity contribution is -0.210. The molecule has 1 atom stereocenters. The van der Waals surface area contributed by atoms with Crippen molar-refractivity contribution in [1.82, 2.24) is 5.32 Å². The van der Waals surface area contributed by atoms with Crippen LogP contribution in [0.15, 0.2) is 18.2 Å². The molecular formula is C14H20F3NO3. The van der Waals surface area contributed by atoms with Crippen molar-refractivity contribution in [3.63, 3.8) is 0 Å². The van der Waals surface area contributed by atoms with E-state index in [9.17, 15) is 13.2 Å². The summed E-state index contributed by atoms with van der Waals surface area (Å²) in [6.07, 6.45) is -6.30. The largest absolute Gasteiger partial charge is 0.493 e. The predicted molar refractivity (Wildman–Crippen MR) is 72.5 cm³/mol. The van der Waals surface area contributed by atoms with Crippen LogP contribution in [0.5, 0.6) is 11.5 Å². The van der Waals surface area contributed by atoms with Gasteiger partial charge in [-0.05, 0) is 19.0 Å². The first-order chi connectivity index (χ1) is 9.90. The van der Waals surface area contributed by atoms with E-state index in [-0.39, 0.29) is 5.75 Å². The van der Waals surface area contributed by atoms with E-state index in [0.29, 0.717) is 17.9 Å². The highest BCUT2D eigenvalue weighted by atomic mass is 19.4. The standard InChI is InChI=1S/C14H20F3NO3/c1-3-7-18-8-10-5-4-6-11(20-2)13(10)21-9-12(19)14(15,16)17/h4-6,12,18-19H,3,7-9H2,1-2H3. The zero-order chi connectivity index (χ0) is 15.9. The van der Waals surface area contributed by atoms with Crippen molar-refractivity contribution in [3.05, 3.63) is 23.8 Å². The highest BCUT2D eigenvalue weighted by Crippen LogP contribution is 2.32. The molecule has 1 unspecified atom stereocenters. The maximum absolute atomic E-state index is 12.3. The Morgan fingerprint density at radius 3 is 2.62 bits per heavy atom. The van der Waals surface area contributed by atoms with E-state index in [2.05, 4.69) is 5.32 Å². The highest BCUT2D eigenvalue weighted by Gasteiger charge is 2.39. The summed E-state index contributed by atoms with van der Waals surface area (Å²) in [5.74, 6) is 0.548. The minimum Gasteiger partial charge on any atom is -0.493 e. The number of methoxy groups -OCH3 is 1. The van der Waals surface area contributed by atoms with Crippen molar-refractivity contribution in [2.45, 2.75) is 32.2 Å². The second kappa shape index (κ2) is 8.09. The molecule has 0 fully saturated rings. The van der Waals surface area contributed by atoms with Gasteiger partial charge >= 0.3 is 6.18 Å². The highest BCUT2D eigenvalue weighted by molar-refractivity contribution is 5.46. The quantitative estimate of drug-likeness (QED) is 0.725. The van der Waals surface area contributed by atoms with Crippen LogP contribution in [0.1, 0.15) is 18.9 Å². The Kier molecular flexibility index (Phi) is 6.77. The van der Waals surface area contributed by atoms with E-state index in [1.54, 1.807) is 18.2 Å². The normalized spacial score (nSPS) is 13.0. The third-order valence-electron chi connectivity index (χ3n) is 2.79. The van der Waals surface area contributed by atoms with Gasteiger partial charge < -0.3 is 19.9 Å². The van der Waals surface area contributed by atoms with Crippen molar-refractivity contribution < 1.29 is 27.8 Å². The Hall–Kier alpha value is -1.47. The van der Waals surface area contributed by atoms with Crippen LogP contribution in [0.2, 0.25) is 0 Å². The Balaban J connectivity index is 2.81. The molecule has 0 aliphatic heterocycles. The fraction of sp³-hybridized carbons (Fsp3) is 0.571. The van der Waals surface area contributed by atoms with Gasteiger partial charge in [0.1, 0.15) is 6.61 Å². The number of para-hydroxylation sites is 1. The fourth-order valence-electron chi connectivity index (χ4n) is 1.68. The van der Waals surface area contributed by atoms with Gasteiger partial charge in [-0.15, -0.1) is 0 Å². The number of aliphatic hydroxyl groups excluding tert-OH is 1. The number of benzene rings is 1. The van der Waals surface area contributed by atoms with Gasteiger partial charge in [-0.2, -0.15) is 13.2 Å². The molecular weight excluding hydrogens is 287 g/mol. The number of rotatable bonds is 8. The zero-order valence-corrected chi connectivity index (χ0v) is 12.0. The summed E-state index contributed by atoms with van der Waals surface area (Å²) in [6.45, 7) is 2.37. The van der Waals surface area contributed by atoms with E-state index < -0.39 is 18.9 Å². The molecule has 1 rings (SSSR count). The van der Waals surface area contributed by atoms with Crippen LogP contribution in [0.3, 0.4) is 0 Å². The number of alkyl halides is 3. The average Bonchev–Trinajstić information content (AvgIpc) is 2.44. The first-order valence-electron chi connectivity index (χ1n) is 6.64. The van der Waals surface area contributed by atoms with Crippen LogP contribution in [0.4, 0.5) is 13.2 Å². The van der Waals surface area contributed by atoms with Gasteiger partial charge in [0.05, 0.1) is 7.11 Å². The van der Waals surface area contributed by atoms with Crippen molar-refractivity contribution >= 4 is 0 Å². The van der Waals surface area contributed by atoms with Crippen molar-refractivity contribution in [2.75, 3.05) is 20.3 Å². The Bertz CT molecular complexity index is 438. The molecule has 0 radical (unpaired) electrons. The number of halogens is 3. The van der Waals surface area contributed by atoms with Crippen LogP contribution >= 0.6 is 0 Å². The molecule has 21 heavy (non-hydrogen) atoms. The summed E-state index contributed by atoms with van der Waals surface area (Å²) in [7, 11) is 1.41. The first-order valence-corrected chi connectivity index (χ1v) is 6.64. The molecule has 120 valence electrons. The van der Waals surface area contributed by atoms with Crippen LogP contribution < -0.4 is 14.8 Å². The molecule has 0 aliphatic carbocycles. The van der Waals surface area contributed by atoms with E-state index in [4.69, 9.17) is 14.6 Å². The summed E-state index contributed by atoms with van der Waals surface area (Å²) in [4.78, 5) is 0. The minimum atomic E-state index is -4.71. The van der Waals surface area contributed by atoms with Gasteiger partial charge in [0.2, 0.25) is 0 Å². The number of ether oxygens (including phenoxy) is 2. The number of aliphatic hydroxyl groups is 1. The minimum absolute atomic E-state index is 0.215. The summed E-state index contributed by atoms with van der Waals surface area (Å²) in [5, 5.41) is 12.1. The summed E-state index contributed by atoms with van der Waals surface area (Å²) >= 11 is 0. The molecule has 0 aromatic heterocycles. The number of nitrogens with one attached hydrogen (secondary N) is 1. The molecule has 0 saturated carbocycles. The fourth-order valence-corrected chi connectivity index (χ4v) is 1.68. The van der Waals surface area contributed by atoms with Crippen LogP contribution in [0, 0.1) is 0 Å². The molecule has 0 bridgehead atoms. The molecule has 0 amide bonds. The van der Waals surface area contributed by atoms with Gasteiger partial charge in [-0.1, -0.05) is 19.1 Å². The lowest BCUT2D eigenvalue weighted by Crippen LogP contribution is -2.34. The average molecular weight is 307 g/mol. The topological polar surface area (TPSA) is 50.7 Å². The molecule has 0 heterocycles. The molecule has 0 spiro atoms. The molecule has 2 N–H and O–H groups in total. The van der Waals surface area contributed by atoms with Crippen LogP contribution in [-0.2, 0) is 6.54 Å².